The summed E-state index contributed by atoms with van der Waals surface area (Å²) in [5.41, 5.74) is -4.49. The number of para-hydroxylation sites is 1. The molecule has 2 amide bonds. The average Bonchev–Trinajstić information content (AvgIpc) is 3.67. The predicted octanol–water partition coefficient (Wildman–Crippen LogP) is 8.91. The van der Waals surface area contributed by atoms with Gasteiger partial charge in [-0.3, -0.25) is 14.6 Å². The molecule has 2 aromatic heterocycles. The summed E-state index contributed by atoms with van der Waals surface area (Å²) in [7, 11) is 0. The maximum Gasteiger partial charge on any atom is 0.425 e. The van der Waals surface area contributed by atoms with E-state index in [1.165, 1.54) is 4.90 Å². The average molecular weight is 823 g/mol. The van der Waals surface area contributed by atoms with Crippen LogP contribution in [0.5, 0.6) is 11.5 Å². The summed E-state index contributed by atoms with van der Waals surface area (Å²) >= 11 is 0.377. The van der Waals surface area contributed by atoms with Gasteiger partial charge in [0.1, 0.15) is 22.1 Å². The zero-order valence-electron chi connectivity index (χ0n) is 32.2. The van der Waals surface area contributed by atoms with E-state index in [2.05, 4.69) is 11.1 Å². The lowest BCUT2D eigenvalue weighted by molar-refractivity contribution is -0.160. The standard InChI is InChI=1S/C41H48F6N4O5S/c1-4-10-33-39(56-29-23-34(57-25-29)41(45,46)47,15-9-19-51(33)36(53)35-31(40(42,43)44)13-7-18-49-35)37(54)50-20-16-38(26-48,17-21-50)30-12-5-6-14-32(30)55-22-8-11-28(24-52)27(2)3/h5-7,12-14,18,23,25,27-28,33,52H,4,8-11,15-17,19-22,24H2,1-3H3/t28-,33-,39+/m1/s1. The van der Waals surface area contributed by atoms with Crippen LogP contribution in [-0.4, -0.2) is 76.2 Å². The summed E-state index contributed by atoms with van der Waals surface area (Å²) in [5, 5.41) is 21.5. The highest BCUT2D eigenvalue weighted by molar-refractivity contribution is 7.10. The minimum absolute atomic E-state index is 0.0314. The van der Waals surface area contributed by atoms with E-state index in [9.17, 15) is 41.5 Å². The number of amides is 2. The van der Waals surface area contributed by atoms with Crippen molar-refractivity contribution < 1.29 is 50.5 Å². The first-order valence-electron chi connectivity index (χ1n) is 19.2. The second kappa shape index (κ2) is 18.1. The number of aliphatic hydroxyl groups excluding tert-OH is 1. The van der Waals surface area contributed by atoms with Crippen molar-refractivity contribution in [3.8, 4) is 17.6 Å². The van der Waals surface area contributed by atoms with Crippen LogP contribution in [0, 0.1) is 23.2 Å². The number of rotatable bonds is 14. The third-order valence-electron chi connectivity index (χ3n) is 11.2. The van der Waals surface area contributed by atoms with Gasteiger partial charge in [0.05, 0.1) is 29.7 Å². The minimum Gasteiger partial charge on any atom is -0.493 e. The molecule has 2 fully saturated rings. The third kappa shape index (κ3) is 9.52. The first kappa shape index (κ1) is 43.8. The molecule has 0 unspecified atom stereocenters. The smallest absolute Gasteiger partial charge is 0.425 e. The van der Waals surface area contributed by atoms with Crippen LogP contribution in [0.15, 0.2) is 54.0 Å². The van der Waals surface area contributed by atoms with E-state index in [1.807, 2.05) is 19.9 Å². The molecule has 1 N–H and O–H groups in total. The lowest BCUT2D eigenvalue weighted by Crippen LogP contribution is -2.68. The van der Waals surface area contributed by atoms with Crippen molar-refractivity contribution in [3.63, 3.8) is 0 Å². The van der Waals surface area contributed by atoms with Gasteiger partial charge in [-0.15, -0.1) is 11.3 Å². The van der Waals surface area contributed by atoms with E-state index in [4.69, 9.17) is 9.47 Å². The van der Waals surface area contributed by atoms with Crippen LogP contribution in [0.3, 0.4) is 0 Å². The number of ether oxygens (including phenoxy) is 2. The second-order valence-electron chi connectivity index (χ2n) is 15.1. The van der Waals surface area contributed by atoms with E-state index in [-0.39, 0.29) is 70.0 Å². The number of carbonyl (C=O) groups excluding carboxylic acids is 2. The van der Waals surface area contributed by atoms with Gasteiger partial charge in [-0.25, -0.2) is 0 Å². The number of aromatic nitrogens is 1. The highest BCUT2D eigenvalue weighted by Crippen LogP contribution is 2.45. The highest BCUT2D eigenvalue weighted by atomic mass is 32.1. The normalized spacial score (nSPS) is 20.6. The summed E-state index contributed by atoms with van der Waals surface area (Å²) < 4.78 is 96.0. The lowest BCUT2D eigenvalue weighted by Gasteiger charge is -2.51. The molecule has 3 aromatic rings. The number of carbonyl (C=O) groups is 2. The number of likely N-dealkylation sites (tertiary alicyclic amines) is 2. The van der Waals surface area contributed by atoms with Crippen LogP contribution in [0.4, 0.5) is 26.3 Å². The molecule has 0 aliphatic carbocycles. The van der Waals surface area contributed by atoms with Crippen LogP contribution in [-0.2, 0) is 22.6 Å². The molecule has 0 bridgehead atoms. The van der Waals surface area contributed by atoms with Crippen LogP contribution >= 0.6 is 11.3 Å². The highest BCUT2D eigenvalue weighted by Gasteiger charge is 2.57. The van der Waals surface area contributed by atoms with E-state index in [1.54, 1.807) is 25.1 Å². The molecule has 1 aromatic carbocycles. The molecule has 5 rings (SSSR count). The minimum atomic E-state index is -4.91. The number of nitriles is 1. The van der Waals surface area contributed by atoms with Gasteiger partial charge in [-0.2, -0.15) is 31.6 Å². The zero-order chi connectivity index (χ0) is 41.6. The molecule has 4 heterocycles. The summed E-state index contributed by atoms with van der Waals surface area (Å²) in [6.07, 6.45) is -6.25. The Morgan fingerprint density at radius 2 is 1.77 bits per heavy atom. The molecule has 2 aliphatic rings. The lowest BCUT2D eigenvalue weighted by atomic mass is 9.72. The van der Waals surface area contributed by atoms with Gasteiger partial charge >= 0.3 is 12.4 Å². The third-order valence-corrected chi connectivity index (χ3v) is 12.1. The van der Waals surface area contributed by atoms with Crippen LogP contribution in [0.25, 0.3) is 0 Å². The molecule has 9 nitrogen and oxygen atoms in total. The van der Waals surface area contributed by atoms with Crippen molar-refractivity contribution >= 4 is 23.2 Å². The number of aliphatic hydroxyl groups is 1. The summed E-state index contributed by atoms with van der Waals surface area (Å²) in [4.78, 5) is 34.6. The fourth-order valence-corrected chi connectivity index (χ4v) is 8.70. The molecule has 3 atom stereocenters. The summed E-state index contributed by atoms with van der Waals surface area (Å²) in [6.45, 7) is 6.34. The van der Waals surface area contributed by atoms with Crippen LogP contribution < -0.4 is 9.47 Å². The molecule has 0 radical (unpaired) electrons. The van der Waals surface area contributed by atoms with Gasteiger partial charge in [0.2, 0.25) is 5.60 Å². The zero-order valence-corrected chi connectivity index (χ0v) is 33.0. The molecular weight excluding hydrogens is 775 g/mol. The van der Waals surface area contributed by atoms with Gasteiger partial charge in [-0.1, -0.05) is 45.4 Å². The Balaban J connectivity index is 1.46. The van der Waals surface area contributed by atoms with Crippen molar-refractivity contribution in [3.05, 3.63) is 75.7 Å². The van der Waals surface area contributed by atoms with E-state index < -0.39 is 57.4 Å². The number of alkyl halides is 6. The number of benzene rings is 1. The number of hydrogen-bond donors (Lipinski definition) is 1. The molecule has 0 spiro atoms. The molecule has 0 saturated carbocycles. The van der Waals surface area contributed by atoms with Gasteiger partial charge in [0.15, 0.2) is 0 Å². The molecule has 16 heteroatoms. The van der Waals surface area contributed by atoms with Crippen molar-refractivity contribution in [1.82, 2.24) is 14.8 Å². The van der Waals surface area contributed by atoms with E-state index in [0.717, 1.165) is 41.1 Å². The largest absolute Gasteiger partial charge is 0.493 e. The van der Waals surface area contributed by atoms with Gasteiger partial charge in [0, 0.05) is 55.9 Å². The Kier molecular flexibility index (Phi) is 13.9. The maximum absolute atomic E-state index is 15.0. The molecular formula is C41H48F6N4O5S. The fourth-order valence-electron chi connectivity index (χ4n) is 8.03. The number of hydrogen-bond acceptors (Lipinski definition) is 8. The Morgan fingerprint density at radius 3 is 2.39 bits per heavy atom. The molecule has 2 saturated heterocycles. The predicted molar refractivity (Wildman–Crippen MR) is 201 cm³/mol. The topological polar surface area (TPSA) is 116 Å². The number of pyridine rings is 1. The van der Waals surface area contributed by atoms with Gasteiger partial charge in [-0.05, 0) is 68.6 Å². The first-order valence-corrected chi connectivity index (χ1v) is 20.1. The van der Waals surface area contributed by atoms with Crippen molar-refractivity contribution in [2.45, 2.75) is 102 Å². The summed E-state index contributed by atoms with van der Waals surface area (Å²) in [6, 6.07) is 11.1. The molecule has 2 aliphatic heterocycles. The molecule has 310 valence electrons. The van der Waals surface area contributed by atoms with Crippen molar-refractivity contribution in [1.29, 1.82) is 5.26 Å². The fraction of sp³-hybridized carbons (Fsp3) is 0.561. The van der Waals surface area contributed by atoms with Crippen molar-refractivity contribution in [2.24, 2.45) is 11.8 Å². The Labute approximate surface area is 332 Å². The van der Waals surface area contributed by atoms with Crippen molar-refractivity contribution in [2.75, 3.05) is 32.8 Å². The number of nitrogens with zero attached hydrogens (tertiary/aromatic N) is 4. The van der Waals surface area contributed by atoms with Gasteiger partial charge < -0.3 is 24.4 Å². The monoisotopic (exact) mass is 822 g/mol. The van der Waals surface area contributed by atoms with Crippen LogP contribution in [0.2, 0.25) is 0 Å². The number of halogens is 6. The summed E-state index contributed by atoms with van der Waals surface area (Å²) in [5.74, 6) is -0.986. The van der Waals surface area contributed by atoms with E-state index >= 15 is 4.79 Å². The second-order valence-corrected chi connectivity index (χ2v) is 16.0. The quantitative estimate of drug-likeness (QED) is 0.128. The number of thiophene rings is 1. The number of piperidine rings is 2. The van der Waals surface area contributed by atoms with E-state index in [0.29, 0.717) is 48.0 Å². The maximum atomic E-state index is 15.0. The Morgan fingerprint density at radius 1 is 1.05 bits per heavy atom. The SMILES string of the molecule is CCC[C@H]1N(C(=O)c2ncccc2C(F)(F)F)CCC[C@@]1(Oc1csc(C(F)(F)F)c1)C(=O)N1CCC(C#N)(c2ccccc2OCCC[C@H](CO)C(C)C)CC1. The Bertz CT molecular complexity index is 1890. The van der Waals surface area contributed by atoms with Gasteiger partial charge in [0.25, 0.3) is 11.8 Å². The Hall–Kier alpha value is -4.36. The first-order chi connectivity index (χ1) is 27.0. The molecule has 57 heavy (non-hydrogen) atoms. The van der Waals surface area contributed by atoms with Crippen LogP contribution in [0.1, 0.15) is 98.6 Å².